The number of hydrogen-bond acceptors (Lipinski definition) is 1. The molecule has 1 saturated carbocycles. The maximum atomic E-state index is 10.6. The van der Waals surface area contributed by atoms with Crippen molar-refractivity contribution in [2.24, 2.45) is 11.8 Å². The highest BCUT2D eigenvalue weighted by Gasteiger charge is 2.20. The smallest absolute Gasteiger partial charge is 0.407 e. The van der Waals surface area contributed by atoms with E-state index in [9.17, 15) is 4.79 Å². The number of carbonyl (C=O) groups is 1. The summed E-state index contributed by atoms with van der Waals surface area (Å²) in [7, 11) is 1.64. The Morgan fingerprint density at radius 1 is 1.41 bits per heavy atom. The predicted octanol–water partition coefficient (Wildman–Crippen LogP) is 3.59. The zero-order valence-corrected chi connectivity index (χ0v) is 11.2. The second kappa shape index (κ2) is 7.59. The first kappa shape index (κ1) is 14.4. The summed E-state index contributed by atoms with van der Waals surface area (Å²) in [5, 5.41) is 8.75. The van der Waals surface area contributed by atoms with E-state index in [1.165, 1.54) is 30.6 Å². The number of hydrogen-bond donors (Lipinski definition) is 1. The lowest BCUT2D eigenvalue weighted by Crippen LogP contribution is -2.28. The molecule has 3 nitrogen and oxygen atoms in total. The Labute approximate surface area is 108 Å². The van der Waals surface area contributed by atoms with Crippen molar-refractivity contribution >= 4 is 17.7 Å². The normalized spacial score (nSPS) is 25.1. The molecular formula is C13H22ClNO2. The summed E-state index contributed by atoms with van der Waals surface area (Å²) in [5.74, 6) is 1.98. The highest BCUT2D eigenvalue weighted by Crippen LogP contribution is 2.31. The van der Waals surface area contributed by atoms with E-state index in [4.69, 9.17) is 16.7 Å². The van der Waals surface area contributed by atoms with E-state index in [-0.39, 0.29) is 0 Å². The molecule has 17 heavy (non-hydrogen) atoms. The first-order valence-corrected chi connectivity index (χ1v) is 6.83. The van der Waals surface area contributed by atoms with Crippen LogP contribution in [-0.2, 0) is 0 Å². The average Bonchev–Trinajstić information content (AvgIpc) is 2.34. The van der Waals surface area contributed by atoms with Gasteiger partial charge in [-0.05, 0) is 43.9 Å². The van der Waals surface area contributed by atoms with Crippen molar-refractivity contribution in [3.8, 4) is 0 Å². The molecule has 0 saturated heterocycles. The third kappa shape index (κ3) is 5.44. The Morgan fingerprint density at radius 2 is 2.06 bits per heavy atom. The Hall–Kier alpha value is -0.700. The number of carboxylic acid groups (broad SMARTS) is 1. The van der Waals surface area contributed by atoms with Crippen molar-refractivity contribution in [2.45, 2.75) is 32.1 Å². The van der Waals surface area contributed by atoms with Gasteiger partial charge in [0.2, 0.25) is 0 Å². The maximum Gasteiger partial charge on any atom is 0.407 e. The van der Waals surface area contributed by atoms with Gasteiger partial charge in [0.15, 0.2) is 0 Å². The minimum absolute atomic E-state index is 0.601. The zero-order chi connectivity index (χ0) is 12.7. The lowest BCUT2D eigenvalue weighted by atomic mass is 9.80. The van der Waals surface area contributed by atoms with Crippen molar-refractivity contribution in [2.75, 3.05) is 19.5 Å². The summed E-state index contributed by atoms with van der Waals surface area (Å²) in [5.41, 5.74) is 0. The molecule has 1 N–H and O–H groups in total. The third-order valence-electron chi connectivity index (χ3n) is 3.59. The molecule has 0 aromatic heterocycles. The molecule has 0 aliphatic heterocycles. The van der Waals surface area contributed by atoms with Crippen LogP contribution in [0.4, 0.5) is 4.79 Å². The van der Waals surface area contributed by atoms with Crippen LogP contribution in [0.2, 0.25) is 0 Å². The van der Waals surface area contributed by atoms with E-state index in [2.05, 4.69) is 6.08 Å². The maximum absolute atomic E-state index is 10.6. The molecule has 0 heterocycles. The van der Waals surface area contributed by atoms with Gasteiger partial charge in [-0.2, -0.15) is 0 Å². The lowest BCUT2D eigenvalue weighted by molar-refractivity contribution is 0.150. The second-order valence-electron chi connectivity index (χ2n) is 4.86. The van der Waals surface area contributed by atoms with E-state index >= 15 is 0 Å². The van der Waals surface area contributed by atoms with E-state index in [0.29, 0.717) is 24.3 Å². The van der Waals surface area contributed by atoms with Crippen LogP contribution in [0.3, 0.4) is 0 Å². The summed E-state index contributed by atoms with van der Waals surface area (Å²) in [6.45, 7) is 0.655. The van der Waals surface area contributed by atoms with Gasteiger partial charge in [-0.1, -0.05) is 12.2 Å². The highest BCUT2D eigenvalue weighted by atomic mass is 35.5. The van der Waals surface area contributed by atoms with Gasteiger partial charge >= 0.3 is 6.09 Å². The van der Waals surface area contributed by atoms with Gasteiger partial charge in [0.05, 0.1) is 0 Å². The first-order valence-electron chi connectivity index (χ1n) is 6.30. The van der Waals surface area contributed by atoms with Crippen molar-refractivity contribution in [1.29, 1.82) is 0 Å². The molecule has 1 fully saturated rings. The highest BCUT2D eigenvalue weighted by molar-refractivity contribution is 6.18. The van der Waals surface area contributed by atoms with E-state index < -0.39 is 6.09 Å². The van der Waals surface area contributed by atoms with Gasteiger partial charge < -0.3 is 10.0 Å². The summed E-state index contributed by atoms with van der Waals surface area (Å²) in [6, 6.07) is 0. The van der Waals surface area contributed by atoms with Gasteiger partial charge in [0, 0.05) is 19.5 Å². The van der Waals surface area contributed by atoms with Crippen LogP contribution in [-0.4, -0.2) is 35.6 Å². The van der Waals surface area contributed by atoms with Crippen LogP contribution in [0.1, 0.15) is 32.1 Å². The second-order valence-corrected chi connectivity index (χ2v) is 5.16. The molecule has 0 unspecified atom stereocenters. The van der Waals surface area contributed by atoms with Gasteiger partial charge in [-0.25, -0.2) is 4.79 Å². The van der Waals surface area contributed by atoms with Gasteiger partial charge in [-0.3, -0.25) is 0 Å². The molecule has 4 heteroatoms. The number of amides is 1. The number of halogens is 1. The Morgan fingerprint density at radius 3 is 2.59 bits per heavy atom. The van der Waals surface area contributed by atoms with Crippen LogP contribution < -0.4 is 0 Å². The summed E-state index contributed by atoms with van der Waals surface area (Å²) < 4.78 is 0. The topological polar surface area (TPSA) is 40.5 Å². The van der Waals surface area contributed by atoms with Crippen molar-refractivity contribution < 1.29 is 9.90 Å². The number of nitrogens with zero attached hydrogens (tertiary/aromatic N) is 1. The van der Waals surface area contributed by atoms with E-state index in [1.54, 1.807) is 7.05 Å². The molecule has 1 aliphatic rings. The molecule has 1 rings (SSSR count). The molecule has 0 spiro atoms. The van der Waals surface area contributed by atoms with Crippen molar-refractivity contribution in [3.63, 3.8) is 0 Å². The van der Waals surface area contributed by atoms with E-state index in [0.717, 1.165) is 6.42 Å². The Kier molecular flexibility index (Phi) is 6.41. The lowest BCUT2D eigenvalue weighted by Gasteiger charge is -2.27. The van der Waals surface area contributed by atoms with E-state index in [1.807, 2.05) is 6.08 Å². The van der Waals surface area contributed by atoms with Crippen LogP contribution in [0.15, 0.2) is 12.2 Å². The standard InChI is InChI=1S/C13H22ClNO2/c1-15(13(16)17)10-8-12-6-4-11(5-7-12)3-2-9-14/h2-3,11-12H,4-10H2,1H3,(H,16,17)/b3-2+. The quantitative estimate of drug-likeness (QED) is 0.606. The van der Waals surface area contributed by atoms with Gasteiger partial charge in [-0.15, -0.1) is 11.6 Å². The Balaban J connectivity index is 2.19. The molecule has 0 bridgehead atoms. The largest absolute Gasteiger partial charge is 0.465 e. The number of allylic oxidation sites excluding steroid dienone is 2. The minimum atomic E-state index is -0.830. The number of rotatable bonds is 5. The minimum Gasteiger partial charge on any atom is -0.465 e. The zero-order valence-electron chi connectivity index (χ0n) is 10.4. The SMILES string of the molecule is CN(CCC1CCC(/C=C/CCl)CC1)C(=O)O. The van der Waals surface area contributed by atoms with Crippen molar-refractivity contribution in [1.82, 2.24) is 4.90 Å². The summed E-state index contributed by atoms with van der Waals surface area (Å²) in [6.07, 6.45) is 9.29. The Bertz CT molecular complexity index is 260. The molecule has 98 valence electrons. The van der Waals surface area contributed by atoms with Crippen LogP contribution in [0, 0.1) is 11.8 Å². The predicted molar refractivity (Wildman–Crippen MR) is 70.6 cm³/mol. The molecule has 0 atom stereocenters. The van der Waals surface area contributed by atoms with Crippen LogP contribution >= 0.6 is 11.6 Å². The summed E-state index contributed by atoms with van der Waals surface area (Å²) >= 11 is 5.62. The fourth-order valence-electron chi connectivity index (χ4n) is 2.39. The summed E-state index contributed by atoms with van der Waals surface area (Å²) in [4.78, 5) is 12.0. The van der Waals surface area contributed by atoms with Crippen molar-refractivity contribution in [3.05, 3.63) is 12.2 Å². The molecule has 1 amide bonds. The van der Waals surface area contributed by atoms with Crippen LogP contribution in [0.5, 0.6) is 0 Å². The molecule has 0 aromatic rings. The average molecular weight is 260 g/mol. The van der Waals surface area contributed by atoms with Crippen LogP contribution in [0.25, 0.3) is 0 Å². The molecule has 1 aliphatic carbocycles. The fourth-order valence-corrected chi connectivity index (χ4v) is 2.49. The fraction of sp³-hybridized carbons (Fsp3) is 0.769. The third-order valence-corrected chi connectivity index (χ3v) is 3.77. The molecule has 0 radical (unpaired) electrons. The number of alkyl halides is 1. The molecular weight excluding hydrogens is 238 g/mol. The first-order chi connectivity index (χ1) is 8.13. The molecule has 0 aromatic carbocycles. The van der Waals surface area contributed by atoms with Gasteiger partial charge in [0.1, 0.15) is 0 Å². The van der Waals surface area contributed by atoms with Gasteiger partial charge in [0.25, 0.3) is 0 Å². The monoisotopic (exact) mass is 259 g/mol.